The zero-order valence-electron chi connectivity index (χ0n) is 16.0. The summed E-state index contributed by atoms with van der Waals surface area (Å²) >= 11 is 0. The number of fused-ring (bicyclic) bond motifs is 1. The molecule has 1 amide bonds. The third-order valence-corrected chi connectivity index (χ3v) is 4.42. The summed E-state index contributed by atoms with van der Waals surface area (Å²) in [4.78, 5) is 36.5. The van der Waals surface area contributed by atoms with Crippen molar-refractivity contribution in [1.29, 1.82) is 0 Å². The van der Waals surface area contributed by atoms with Gasteiger partial charge in [0, 0.05) is 6.42 Å². The highest BCUT2D eigenvalue weighted by molar-refractivity contribution is 5.96. The van der Waals surface area contributed by atoms with Gasteiger partial charge in [0.25, 0.3) is 5.91 Å². The Kier molecular flexibility index (Phi) is 6.58. The third-order valence-electron chi connectivity index (χ3n) is 4.42. The number of carbonyl (C=O) groups excluding carboxylic acids is 3. The van der Waals surface area contributed by atoms with E-state index in [2.05, 4.69) is 5.32 Å². The molecule has 6 nitrogen and oxygen atoms in total. The van der Waals surface area contributed by atoms with Gasteiger partial charge in [-0.15, -0.1) is 0 Å². The van der Waals surface area contributed by atoms with Crippen molar-refractivity contribution >= 4 is 28.6 Å². The average molecular weight is 391 g/mol. The van der Waals surface area contributed by atoms with Crippen molar-refractivity contribution in [1.82, 2.24) is 5.32 Å². The van der Waals surface area contributed by atoms with Gasteiger partial charge in [0.15, 0.2) is 6.61 Å². The van der Waals surface area contributed by atoms with E-state index in [-0.39, 0.29) is 6.42 Å². The minimum atomic E-state index is -0.866. The molecule has 0 saturated heterocycles. The first kappa shape index (κ1) is 20.1. The van der Waals surface area contributed by atoms with Crippen molar-refractivity contribution in [2.24, 2.45) is 0 Å². The maximum Gasteiger partial charge on any atom is 0.338 e. The van der Waals surface area contributed by atoms with Crippen LogP contribution in [-0.2, 0) is 25.5 Å². The normalized spacial score (nSPS) is 11.5. The maximum absolute atomic E-state index is 12.3. The average Bonchev–Trinajstić information content (AvgIpc) is 2.76. The van der Waals surface area contributed by atoms with Crippen LogP contribution in [-0.4, -0.2) is 37.6 Å². The van der Waals surface area contributed by atoms with Crippen LogP contribution in [0.25, 0.3) is 10.8 Å². The fraction of sp³-hybridized carbons (Fsp3) is 0.174. The Labute approximate surface area is 168 Å². The molecule has 0 fully saturated rings. The number of benzene rings is 3. The van der Waals surface area contributed by atoms with Crippen molar-refractivity contribution in [2.75, 3.05) is 13.7 Å². The summed E-state index contributed by atoms with van der Waals surface area (Å²) in [5.41, 5.74) is 1.22. The lowest BCUT2D eigenvalue weighted by Gasteiger charge is -2.16. The van der Waals surface area contributed by atoms with E-state index in [4.69, 9.17) is 9.47 Å². The van der Waals surface area contributed by atoms with Crippen molar-refractivity contribution in [3.63, 3.8) is 0 Å². The van der Waals surface area contributed by atoms with Crippen LogP contribution in [0.1, 0.15) is 15.9 Å². The Morgan fingerprint density at radius 2 is 1.59 bits per heavy atom. The van der Waals surface area contributed by atoms with E-state index in [0.717, 1.165) is 16.3 Å². The topological polar surface area (TPSA) is 81.7 Å². The summed E-state index contributed by atoms with van der Waals surface area (Å²) in [6.07, 6.45) is 0.276. The molecule has 6 heteroatoms. The molecule has 0 aromatic heterocycles. The molecule has 0 aliphatic heterocycles. The Bertz CT molecular complexity index is 1020. The second-order valence-corrected chi connectivity index (χ2v) is 6.47. The highest BCUT2D eigenvalue weighted by Gasteiger charge is 2.22. The number of hydrogen-bond acceptors (Lipinski definition) is 5. The zero-order valence-corrected chi connectivity index (χ0v) is 16.0. The first-order valence-electron chi connectivity index (χ1n) is 9.14. The van der Waals surface area contributed by atoms with E-state index in [1.165, 1.54) is 7.11 Å². The molecule has 148 valence electrons. The first-order valence-corrected chi connectivity index (χ1v) is 9.14. The van der Waals surface area contributed by atoms with Gasteiger partial charge in [0.1, 0.15) is 6.04 Å². The number of ether oxygens (including phenoxy) is 2. The number of methoxy groups -OCH3 is 1. The lowest BCUT2D eigenvalue weighted by atomic mass is 10.1. The lowest BCUT2D eigenvalue weighted by Crippen LogP contribution is -2.44. The molecular weight excluding hydrogens is 370 g/mol. The monoisotopic (exact) mass is 391 g/mol. The van der Waals surface area contributed by atoms with Gasteiger partial charge in [-0.25, -0.2) is 9.59 Å². The fourth-order valence-corrected chi connectivity index (χ4v) is 2.95. The molecule has 0 aliphatic rings. The van der Waals surface area contributed by atoms with Crippen LogP contribution in [0.5, 0.6) is 0 Å². The summed E-state index contributed by atoms with van der Waals surface area (Å²) in [6.45, 7) is -0.492. The maximum atomic E-state index is 12.3. The van der Waals surface area contributed by atoms with Crippen molar-refractivity contribution in [3.8, 4) is 0 Å². The summed E-state index contributed by atoms with van der Waals surface area (Å²) in [5, 5.41) is 4.47. The summed E-state index contributed by atoms with van der Waals surface area (Å²) < 4.78 is 9.86. The number of nitrogens with one attached hydrogen (secondary N) is 1. The molecule has 0 unspecified atom stereocenters. The van der Waals surface area contributed by atoms with Crippen molar-refractivity contribution in [3.05, 3.63) is 83.9 Å². The minimum absolute atomic E-state index is 0.276. The lowest BCUT2D eigenvalue weighted by molar-refractivity contribution is -0.145. The largest absolute Gasteiger partial charge is 0.467 e. The number of hydrogen-bond donors (Lipinski definition) is 1. The molecule has 0 saturated carbocycles. The van der Waals surface area contributed by atoms with Crippen LogP contribution in [0.4, 0.5) is 0 Å². The highest BCUT2D eigenvalue weighted by Crippen LogP contribution is 2.16. The molecule has 0 aliphatic carbocycles. The molecule has 0 radical (unpaired) electrons. The van der Waals surface area contributed by atoms with E-state index in [0.29, 0.717) is 5.56 Å². The second kappa shape index (κ2) is 9.50. The van der Waals surface area contributed by atoms with Gasteiger partial charge >= 0.3 is 11.9 Å². The number of carbonyl (C=O) groups is 3. The fourth-order valence-electron chi connectivity index (χ4n) is 2.95. The SMILES string of the molecule is COC(=O)[C@@H](Cc1ccccc1)NC(=O)COC(=O)c1ccc2ccccc2c1. The summed E-state index contributed by atoms with van der Waals surface area (Å²) in [6, 6.07) is 21.2. The Morgan fingerprint density at radius 3 is 2.31 bits per heavy atom. The van der Waals surface area contributed by atoms with Crippen molar-refractivity contribution in [2.45, 2.75) is 12.5 Å². The van der Waals surface area contributed by atoms with Crippen LogP contribution < -0.4 is 5.32 Å². The van der Waals surface area contributed by atoms with Gasteiger partial charge in [-0.1, -0.05) is 60.7 Å². The molecule has 3 aromatic carbocycles. The summed E-state index contributed by atoms with van der Waals surface area (Å²) in [5.74, 6) is -1.75. The number of rotatable bonds is 7. The van der Waals surface area contributed by atoms with Crippen LogP contribution in [0, 0.1) is 0 Å². The molecular formula is C23H21NO5. The number of amides is 1. The molecule has 0 bridgehead atoms. The quantitative estimate of drug-likeness (QED) is 0.627. The van der Waals surface area contributed by atoms with Crippen molar-refractivity contribution < 1.29 is 23.9 Å². The van der Waals surface area contributed by atoms with E-state index in [9.17, 15) is 14.4 Å². The molecule has 3 aromatic rings. The zero-order chi connectivity index (χ0) is 20.6. The van der Waals surface area contributed by atoms with Gasteiger partial charge in [0.2, 0.25) is 0 Å². The third kappa shape index (κ3) is 5.42. The molecule has 3 rings (SSSR count). The van der Waals surface area contributed by atoms with Gasteiger partial charge < -0.3 is 14.8 Å². The number of esters is 2. The Morgan fingerprint density at radius 1 is 0.897 bits per heavy atom. The van der Waals surface area contributed by atoms with Gasteiger partial charge in [-0.05, 0) is 28.5 Å². The van der Waals surface area contributed by atoms with Gasteiger partial charge in [0.05, 0.1) is 12.7 Å². The predicted octanol–water partition coefficient (Wildman–Crippen LogP) is 2.90. The Balaban J connectivity index is 1.59. The van der Waals surface area contributed by atoms with E-state index >= 15 is 0 Å². The highest BCUT2D eigenvalue weighted by atomic mass is 16.5. The predicted molar refractivity (Wildman–Crippen MR) is 108 cm³/mol. The van der Waals surface area contributed by atoms with Gasteiger partial charge in [-0.2, -0.15) is 0 Å². The van der Waals surface area contributed by atoms with Gasteiger partial charge in [-0.3, -0.25) is 4.79 Å². The first-order chi connectivity index (χ1) is 14.1. The Hall–Kier alpha value is -3.67. The van der Waals surface area contributed by atoms with E-state index in [1.807, 2.05) is 60.7 Å². The second-order valence-electron chi connectivity index (χ2n) is 6.47. The minimum Gasteiger partial charge on any atom is -0.467 e. The molecule has 0 heterocycles. The van der Waals surface area contributed by atoms with Crippen LogP contribution in [0.3, 0.4) is 0 Å². The molecule has 1 N–H and O–H groups in total. The molecule has 29 heavy (non-hydrogen) atoms. The van der Waals surface area contributed by atoms with Crippen LogP contribution >= 0.6 is 0 Å². The summed E-state index contributed by atoms with van der Waals surface area (Å²) in [7, 11) is 1.26. The van der Waals surface area contributed by atoms with E-state index < -0.39 is 30.5 Å². The van der Waals surface area contributed by atoms with Crippen LogP contribution in [0.15, 0.2) is 72.8 Å². The molecule has 0 spiro atoms. The standard InChI is InChI=1S/C23H21NO5/c1-28-23(27)20(13-16-7-3-2-4-8-16)24-21(25)15-29-22(26)19-12-11-17-9-5-6-10-18(17)14-19/h2-12,14,20H,13,15H2,1H3,(H,24,25)/t20-/m1/s1. The van der Waals surface area contributed by atoms with Crippen LogP contribution in [0.2, 0.25) is 0 Å². The molecule has 1 atom stereocenters. The van der Waals surface area contributed by atoms with E-state index in [1.54, 1.807) is 12.1 Å². The smallest absolute Gasteiger partial charge is 0.338 e.